The van der Waals surface area contributed by atoms with Crippen molar-refractivity contribution in [2.75, 3.05) is 18.1 Å². The fourth-order valence-electron chi connectivity index (χ4n) is 2.46. The number of amides is 1. The molecule has 4 nitrogen and oxygen atoms in total. The molecule has 1 heterocycles. The summed E-state index contributed by atoms with van der Waals surface area (Å²) in [6.07, 6.45) is 0. The number of nitrogens with zero attached hydrogens (tertiary/aromatic N) is 1. The average Bonchev–Trinajstić information content (AvgIpc) is 2.75. The van der Waals surface area contributed by atoms with Gasteiger partial charge in [-0.25, -0.2) is 0 Å². The predicted octanol–water partition coefficient (Wildman–Crippen LogP) is 4.02. The molecule has 0 fully saturated rings. The Morgan fingerprint density at radius 1 is 1.17 bits per heavy atom. The van der Waals surface area contributed by atoms with E-state index in [1.165, 1.54) is 4.90 Å². The molecule has 0 N–H and O–H groups in total. The smallest absolute Gasteiger partial charge is 0.299 e. The van der Waals surface area contributed by atoms with Gasteiger partial charge in [-0.05, 0) is 48.9 Å². The van der Waals surface area contributed by atoms with Gasteiger partial charge in [-0.2, -0.15) is 0 Å². The fraction of sp³-hybridized carbons (Fsp3) is 0.176. The highest BCUT2D eigenvalue weighted by Gasteiger charge is 2.35. The largest absolute Gasteiger partial charge is 0.492 e. The molecule has 6 heteroatoms. The first-order valence-corrected chi connectivity index (χ1v) is 8.19. The first-order chi connectivity index (χ1) is 11.0. The van der Waals surface area contributed by atoms with Crippen LogP contribution >= 0.6 is 27.5 Å². The molecule has 1 aliphatic heterocycles. The SMILES string of the molecule is Cc1cc(OCCN2C(=O)C(=O)c3cc(Br)ccc32)ccc1Cl. The van der Waals surface area contributed by atoms with Crippen LogP contribution in [0.25, 0.3) is 0 Å². The number of halogens is 2. The number of rotatable bonds is 4. The lowest BCUT2D eigenvalue weighted by Gasteiger charge is -2.17. The Morgan fingerprint density at radius 2 is 1.96 bits per heavy atom. The molecule has 0 bridgehead atoms. The van der Waals surface area contributed by atoms with Crippen molar-refractivity contribution in [3.8, 4) is 5.75 Å². The number of ether oxygens (including phenoxy) is 1. The van der Waals surface area contributed by atoms with Crippen LogP contribution in [0.3, 0.4) is 0 Å². The zero-order chi connectivity index (χ0) is 16.6. The van der Waals surface area contributed by atoms with Crippen molar-refractivity contribution in [2.45, 2.75) is 6.92 Å². The van der Waals surface area contributed by atoms with Gasteiger partial charge >= 0.3 is 0 Å². The molecule has 3 rings (SSSR count). The minimum Gasteiger partial charge on any atom is -0.492 e. The van der Waals surface area contributed by atoms with Gasteiger partial charge in [-0.15, -0.1) is 0 Å². The summed E-state index contributed by atoms with van der Waals surface area (Å²) in [5.41, 5.74) is 1.97. The van der Waals surface area contributed by atoms with Crippen LogP contribution in [-0.4, -0.2) is 24.8 Å². The quantitative estimate of drug-likeness (QED) is 0.736. The molecule has 0 unspecified atom stereocenters. The van der Waals surface area contributed by atoms with Crippen molar-refractivity contribution >= 4 is 44.9 Å². The standard InChI is InChI=1S/C17H13BrClNO3/c1-10-8-12(3-4-14(10)19)23-7-6-20-15-5-2-11(18)9-13(15)16(21)17(20)22/h2-5,8-9H,6-7H2,1H3. The molecule has 0 radical (unpaired) electrons. The Balaban J connectivity index is 1.70. The Bertz CT molecular complexity index is 806. The zero-order valence-electron chi connectivity index (χ0n) is 12.3. The van der Waals surface area contributed by atoms with Crippen LogP contribution in [0.2, 0.25) is 5.02 Å². The van der Waals surface area contributed by atoms with E-state index in [-0.39, 0.29) is 6.61 Å². The van der Waals surface area contributed by atoms with Crippen molar-refractivity contribution in [3.63, 3.8) is 0 Å². The summed E-state index contributed by atoms with van der Waals surface area (Å²) >= 11 is 9.28. The average molecular weight is 395 g/mol. The van der Waals surface area contributed by atoms with Gasteiger partial charge in [0, 0.05) is 9.50 Å². The maximum absolute atomic E-state index is 12.1. The molecule has 0 aromatic heterocycles. The second-order valence-corrected chi connectivity index (χ2v) is 6.53. The number of Topliss-reactive ketones (excluding diaryl/α,β-unsaturated/α-hetero) is 1. The minimum atomic E-state index is -0.519. The molecule has 0 saturated heterocycles. The van der Waals surface area contributed by atoms with E-state index in [1.807, 2.05) is 13.0 Å². The maximum Gasteiger partial charge on any atom is 0.299 e. The third-order valence-electron chi connectivity index (χ3n) is 3.65. The molecule has 0 saturated carbocycles. The van der Waals surface area contributed by atoms with E-state index in [9.17, 15) is 9.59 Å². The lowest BCUT2D eigenvalue weighted by molar-refractivity contribution is -0.114. The summed E-state index contributed by atoms with van der Waals surface area (Å²) in [4.78, 5) is 25.6. The third kappa shape index (κ3) is 3.12. The highest BCUT2D eigenvalue weighted by molar-refractivity contribution is 9.10. The van der Waals surface area contributed by atoms with Gasteiger partial charge in [0.1, 0.15) is 12.4 Å². The molecular weight excluding hydrogens is 382 g/mol. The Hall–Kier alpha value is -1.85. The van der Waals surface area contributed by atoms with Gasteiger partial charge in [0.2, 0.25) is 0 Å². The van der Waals surface area contributed by atoms with Gasteiger partial charge in [0.05, 0.1) is 17.8 Å². The molecule has 1 amide bonds. The van der Waals surface area contributed by atoms with Crippen LogP contribution in [0, 0.1) is 6.92 Å². The summed E-state index contributed by atoms with van der Waals surface area (Å²) < 4.78 is 6.42. The number of fused-ring (bicyclic) bond motifs is 1. The Labute approximate surface area is 147 Å². The lowest BCUT2D eigenvalue weighted by Crippen LogP contribution is -2.33. The van der Waals surface area contributed by atoms with Crippen molar-refractivity contribution in [1.82, 2.24) is 0 Å². The van der Waals surface area contributed by atoms with Gasteiger partial charge in [-0.3, -0.25) is 9.59 Å². The Morgan fingerprint density at radius 3 is 2.70 bits per heavy atom. The zero-order valence-corrected chi connectivity index (χ0v) is 14.6. The second-order valence-electron chi connectivity index (χ2n) is 5.21. The fourth-order valence-corrected chi connectivity index (χ4v) is 2.94. The normalized spacial score (nSPS) is 13.4. The van der Waals surface area contributed by atoms with E-state index in [0.717, 1.165) is 10.0 Å². The first kappa shape index (κ1) is 16.0. The van der Waals surface area contributed by atoms with E-state index in [4.69, 9.17) is 16.3 Å². The van der Waals surface area contributed by atoms with E-state index >= 15 is 0 Å². The van der Waals surface area contributed by atoms with Crippen LogP contribution in [0.5, 0.6) is 5.75 Å². The van der Waals surface area contributed by atoms with Gasteiger partial charge in [0.25, 0.3) is 11.7 Å². The molecular formula is C17H13BrClNO3. The molecule has 2 aromatic carbocycles. The molecule has 23 heavy (non-hydrogen) atoms. The molecule has 2 aromatic rings. The summed E-state index contributed by atoms with van der Waals surface area (Å²) in [7, 11) is 0. The van der Waals surface area contributed by atoms with E-state index in [1.54, 1.807) is 30.3 Å². The van der Waals surface area contributed by atoms with Crippen molar-refractivity contribution in [2.24, 2.45) is 0 Å². The van der Waals surface area contributed by atoms with E-state index in [2.05, 4.69) is 15.9 Å². The monoisotopic (exact) mass is 393 g/mol. The van der Waals surface area contributed by atoms with E-state index < -0.39 is 11.7 Å². The number of carbonyl (C=O) groups is 2. The topological polar surface area (TPSA) is 46.6 Å². The van der Waals surface area contributed by atoms with Crippen LogP contribution in [0.15, 0.2) is 40.9 Å². The van der Waals surface area contributed by atoms with Crippen molar-refractivity contribution in [1.29, 1.82) is 0 Å². The second kappa shape index (κ2) is 6.34. The van der Waals surface area contributed by atoms with Gasteiger partial charge < -0.3 is 9.64 Å². The molecule has 0 atom stereocenters. The first-order valence-electron chi connectivity index (χ1n) is 7.02. The number of hydrogen-bond acceptors (Lipinski definition) is 3. The third-order valence-corrected chi connectivity index (χ3v) is 4.56. The van der Waals surface area contributed by atoms with E-state index in [0.29, 0.717) is 28.6 Å². The lowest BCUT2D eigenvalue weighted by atomic mass is 10.1. The highest BCUT2D eigenvalue weighted by Crippen LogP contribution is 2.31. The maximum atomic E-state index is 12.1. The number of hydrogen-bond donors (Lipinski definition) is 0. The number of benzene rings is 2. The van der Waals surface area contributed by atoms with Gasteiger partial charge in [-0.1, -0.05) is 27.5 Å². The summed E-state index contributed by atoms with van der Waals surface area (Å²) in [6.45, 7) is 2.49. The molecule has 0 spiro atoms. The number of aryl methyl sites for hydroxylation is 1. The minimum absolute atomic E-state index is 0.287. The molecule has 1 aliphatic rings. The molecule has 0 aliphatic carbocycles. The summed E-state index contributed by atoms with van der Waals surface area (Å²) in [5, 5.41) is 0.678. The van der Waals surface area contributed by atoms with Gasteiger partial charge in [0.15, 0.2) is 0 Å². The Kier molecular flexibility index (Phi) is 4.41. The highest BCUT2D eigenvalue weighted by atomic mass is 79.9. The number of ketones is 1. The van der Waals surface area contributed by atoms with Crippen molar-refractivity contribution in [3.05, 3.63) is 57.0 Å². The summed E-state index contributed by atoms with van der Waals surface area (Å²) in [5.74, 6) is -0.321. The van der Waals surface area contributed by atoms with Crippen LogP contribution < -0.4 is 9.64 Å². The van der Waals surface area contributed by atoms with Crippen molar-refractivity contribution < 1.29 is 14.3 Å². The van der Waals surface area contributed by atoms with Crippen LogP contribution in [-0.2, 0) is 4.79 Å². The number of carbonyl (C=O) groups excluding carboxylic acids is 2. The predicted molar refractivity (Wildman–Crippen MR) is 92.5 cm³/mol. The summed E-state index contributed by atoms with van der Waals surface area (Å²) in [6, 6.07) is 10.6. The van der Waals surface area contributed by atoms with Crippen LogP contribution in [0.1, 0.15) is 15.9 Å². The molecule has 118 valence electrons. The van der Waals surface area contributed by atoms with Crippen LogP contribution in [0.4, 0.5) is 5.69 Å². The number of anilines is 1.